The van der Waals surface area contributed by atoms with E-state index < -0.39 is 0 Å². The zero-order chi connectivity index (χ0) is 14.4. The van der Waals surface area contributed by atoms with Gasteiger partial charge in [-0.3, -0.25) is 4.79 Å². The van der Waals surface area contributed by atoms with E-state index in [1.165, 1.54) is 37.7 Å². The maximum absolute atomic E-state index is 12.8. The van der Waals surface area contributed by atoms with Crippen LogP contribution in [0.4, 0.5) is 0 Å². The van der Waals surface area contributed by atoms with Gasteiger partial charge in [0.2, 0.25) is 5.91 Å². The van der Waals surface area contributed by atoms with Gasteiger partial charge in [-0.2, -0.15) is 0 Å². The van der Waals surface area contributed by atoms with Crippen molar-refractivity contribution in [2.24, 2.45) is 29.4 Å². The molecule has 4 rings (SSSR count). The fourth-order valence-corrected chi connectivity index (χ4v) is 4.54. The van der Waals surface area contributed by atoms with Crippen molar-refractivity contribution >= 4 is 5.91 Å². The molecule has 0 radical (unpaired) electrons. The number of benzene rings is 1. The van der Waals surface area contributed by atoms with Gasteiger partial charge in [0.05, 0.1) is 12.0 Å². The van der Waals surface area contributed by atoms with E-state index >= 15 is 0 Å². The van der Waals surface area contributed by atoms with Crippen molar-refractivity contribution in [1.29, 1.82) is 0 Å². The molecule has 0 aliphatic heterocycles. The number of nitrogens with one attached hydrogen (secondary N) is 1. The lowest BCUT2D eigenvalue weighted by Crippen LogP contribution is -2.46. The largest absolute Gasteiger partial charge is 0.349 e. The first-order chi connectivity index (χ1) is 10.2. The second-order valence-electron chi connectivity index (χ2n) is 7.17. The summed E-state index contributed by atoms with van der Waals surface area (Å²) < 4.78 is 0. The zero-order valence-corrected chi connectivity index (χ0v) is 12.4. The molecular formula is C18H24N2O. The molecule has 3 aliphatic rings. The average Bonchev–Trinajstić information content (AvgIpc) is 3.16. The molecule has 0 heterocycles. The number of fused-ring (bicyclic) bond motifs is 2. The van der Waals surface area contributed by atoms with Crippen molar-refractivity contribution in [2.75, 3.05) is 0 Å². The second-order valence-corrected chi connectivity index (χ2v) is 7.17. The molecule has 5 unspecified atom stereocenters. The van der Waals surface area contributed by atoms with Crippen molar-refractivity contribution in [2.45, 2.75) is 44.2 Å². The molecule has 3 heteroatoms. The van der Waals surface area contributed by atoms with Crippen LogP contribution < -0.4 is 11.1 Å². The Kier molecular flexibility index (Phi) is 3.26. The molecule has 1 aromatic rings. The molecule has 3 fully saturated rings. The number of carbonyl (C=O) groups excluding carboxylic acids is 1. The van der Waals surface area contributed by atoms with E-state index in [0.29, 0.717) is 17.8 Å². The van der Waals surface area contributed by atoms with Gasteiger partial charge in [0.15, 0.2) is 0 Å². The Labute approximate surface area is 126 Å². The van der Waals surface area contributed by atoms with Crippen LogP contribution in [-0.4, -0.2) is 11.9 Å². The van der Waals surface area contributed by atoms with Crippen molar-refractivity contribution in [3.8, 4) is 0 Å². The van der Waals surface area contributed by atoms with Crippen LogP contribution in [0, 0.1) is 23.7 Å². The number of hydrogen-bond acceptors (Lipinski definition) is 2. The Morgan fingerprint density at radius 2 is 1.81 bits per heavy atom. The minimum atomic E-state index is 0.0497. The number of amides is 1. The predicted octanol–water partition coefficient (Wildman–Crippen LogP) is 2.63. The lowest BCUT2D eigenvalue weighted by molar-refractivity contribution is -0.128. The van der Waals surface area contributed by atoms with Gasteiger partial charge in [0, 0.05) is 6.04 Å². The van der Waals surface area contributed by atoms with Crippen LogP contribution >= 0.6 is 0 Å². The van der Waals surface area contributed by atoms with Crippen LogP contribution in [0.3, 0.4) is 0 Å². The Hall–Kier alpha value is -1.35. The van der Waals surface area contributed by atoms with E-state index in [-0.39, 0.29) is 23.9 Å². The number of rotatable bonds is 4. The molecule has 0 saturated heterocycles. The first kappa shape index (κ1) is 13.3. The fourth-order valence-electron chi connectivity index (χ4n) is 4.54. The van der Waals surface area contributed by atoms with Crippen molar-refractivity contribution < 1.29 is 4.79 Å². The van der Waals surface area contributed by atoms with E-state index in [9.17, 15) is 4.79 Å². The van der Waals surface area contributed by atoms with Gasteiger partial charge in [0.25, 0.3) is 0 Å². The third-order valence-corrected chi connectivity index (χ3v) is 5.83. The normalized spacial score (nSPS) is 35.7. The van der Waals surface area contributed by atoms with Gasteiger partial charge >= 0.3 is 0 Å². The van der Waals surface area contributed by atoms with Crippen molar-refractivity contribution in [3.05, 3.63) is 35.9 Å². The van der Waals surface area contributed by atoms with Gasteiger partial charge in [0.1, 0.15) is 0 Å². The van der Waals surface area contributed by atoms with Gasteiger partial charge in [-0.25, -0.2) is 0 Å². The highest BCUT2D eigenvalue weighted by atomic mass is 16.2. The standard InChI is InChI=1S/C18H24N2O/c19-16-14-9-8-13(10-14)15(16)18(21)20-17(12-6-7-12)11-4-2-1-3-5-11/h1-5,12-17H,6-10,19H2,(H,20,21). The van der Waals surface area contributed by atoms with Crippen LogP contribution in [0.25, 0.3) is 0 Å². The molecule has 5 atom stereocenters. The lowest BCUT2D eigenvalue weighted by Gasteiger charge is -2.29. The molecule has 21 heavy (non-hydrogen) atoms. The van der Waals surface area contributed by atoms with Crippen LogP contribution in [0.5, 0.6) is 0 Å². The highest BCUT2D eigenvalue weighted by Gasteiger charge is 2.49. The highest BCUT2D eigenvalue weighted by Crippen LogP contribution is 2.48. The Morgan fingerprint density at radius 1 is 1.10 bits per heavy atom. The van der Waals surface area contributed by atoms with E-state index in [0.717, 1.165) is 0 Å². The molecule has 3 saturated carbocycles. The molecule has 1 amide bonds. The lowest BCUT2D eigenvalue weighted by atomic mass is 9.84. The summed E-state index contributed by atoms with van der Waals surface area (Å²) in [5.41, 5.74) is 7.55. The van der Waals surface area contributed by atoms with Crippen LogP contribution in [0.2, 0.25) is 0 Å². The average molecular weight is 284 g/mol. The Balaban J connectivity index is 1.50. The smallest absolute Gasteiger partial charge is 0.225 e. The first-order valence-electron chi connectivity index (χ1n) is 8.35. The van der Waals surface area contributed by atoms with Crippen LogP contribution in [0.15, 0.2) is 30.3 Å². The van der Waals surface area contributed by atoms with Gasteiger partial charge < -0.3 is 11.1 Å². The van der Waals surface area contributed by atoms with E-state index in [1.54, 1.807) is 0 Å². The molecule has 3 N–H and O–H groups in total. The van der Waals surface area contributed by atoms with Crippen LogP contribution in [-0.2, 0) is 4.79 Å². The molecule has 3 aliphatic carbocycles. The zero-order valence-electron chi connectivity index (χ0n) is 12.4. The van der Waals surface area contributed by atoms with Gasteiger partial charge in [-0.05, 0) is 55.4 Å². The third kappa shape index (κ3) is 2.38. The predicted molar refractivity (Wildman–Crippen MR) is 82.3 cm³/mol. The van der Waals surface area contributed by atoms with Crippen molar-refractivity contribution in [3.63, 3.8) is 0 Å². The maximum atomic E-state index is 12.8. The number of carbonyl (C=O) groups is 1. The molecule has 112 valence electrons. The molecule has 3 nitrogen and oxygen atoms in total. The molecule has 0 aromatic heterocycles. The minimum absolute atomic E-state index is 0.0497. The summed E-state index contributed by atoms with van der Waals surface area (Å²) in [4.78, 5) is 12.8. The van der Waals surface area contributed by atoms with Gasteiger partial charge in [-0.15, -0.1) is 0 Å². The summed E-state index contributed by atoms with van der Waals surface area (Å²) in [6.45, 7) is 0. The number of nitrogens with two attached hydrogens (primary N) is 1. The Morgan fingerprint density at radius 3 is 2.43 bits per heavy atom. The molecule has 0 spiro atoms. The summed E-state index contributed by atoms with van der Waals surface area (Å²) in [5, 5.41) is 3.33. The maximum Gasteiger partial charge on any atom is 0.225 e. The summed E-state index contributed by atoms with van der Waals surface area (Å²) in [6.07, 6.45) is 6.03. The second kappa shape index (κ2) is 5.13. The van der Waals surface area contributed by atoms with E-state index in [1.807, 2.05) is 6.07 Å². The molecule has 2 bridgehead atoms. The summed E-state index contributed by atoms with van der Waals surface area (Å²) in [5.74, 6) is 1.98. The Bertz CT molecular complexity index is 523. The fraction of sp³-hybridized carbons (Fsp3) is 0.611. The molecule has 1 aromatic carbocycles. The summed E-state index contributed by atoms with van der Waals surface area (Å²) >= 11 is 0. The minimum Gasteiger partial charge on any atom is -0.349 e. The SMILES string of the molecule is NC1C2CCC(C2)C1C(=O)NC(c1ccccc1)C1CC1. The first-order valence-corrected chi connectivity index (χ1v) is 8.35. The molecular weight excluding hydrogens is 260 g/mol. The summed E-state index contributed by atoms with van der Waals surface area (Å²) in [6, 6.07) is 10.7. The third-order valence-electron chi connectivity index (χ3n) is 5.83. The highest BCUT2D eigenvalue weighted by molar-refractivity contribution is 5.81. The quantitative estimate of drug-likeness (QED) is 0.893. The van der Waals surface area contributed by atoms with E-state index in [4.69, 9.17) is 5.73 Å². The van der Waals surface area contributed by atoms with Crippen LogP contribution in [0.1, 0.15) is 43.7 Å². The summed E-state index contributed by atoms with van der Waals surface area (Å²) in [7, 11) is 0. The monoisotopic (exact) mass is 284 g/mol. The van der Waals surface area contributed by atoms with Crippen molar-refractivity contribution in [1.82, 2.24) is 5.32 Å². The topological polar surface area (TPSA) is 55.1 Å². The number of hydrogen-bond donors (Lipinski definition) is 2. The van der Waals surface area contributed by atoms with E-state index in [2.05, 4.69) is 29.6 Å². The van der Waals surface area contributed by atoms with Gasteiger partial charge in [-0.1, -0.05) is 30.3 Å².